The summed E-state index contributed by atoms with van der Waals surface area (Å²) < 4.78 is 5.72. The van der Waals surface area contributed by atoms with Gasteiger partial charge in [-0.05, 0) is 45.4 Å². The molecule has 0 radical (unpaired) electrons. The van der Waals surface area contributed by atoms with Gasteiger partial charge in [0, 0.05) is 6.42 Å². The first-order valence-corrected chi connectivity index (χ1v) is 15.3. The van der Waals surface area contributed by atoms with Crippen LogP contribution in [0.5, 0.6) is 0 Å². The molecule has 0 saturated heterocycles. The highest BCUT2D eigenvalue weighted by molar-refractivity contribution is 5.89. The molecule has 0 saturated carbocycles. The molecule has 2 atom stereocenters. The summed E-state index contributed by atoms with van der Waals surface area (Å²) in [7, 11) is 0. The first-order chi connectivity index (χ1) is 22.1. The van der Waals surface area contributed by atoms with Crippen LogP contribution in [-0.4, -0.2) is 24.0 Å². The fraction of sp³-hybridized carbons (Fsp3) is 0.150. The lowest BCUT2D eigenvalue weighted by atomic mass is 9.79. The number of rotatable bonds is 12. The number of nitrogens with one attached hydrogen (secondary N) is 2. The maximum absolute atomic E-state index is 14.3. The Bertz CT molecular complexity index is 1720. The van der Waals surface area contributed by atoms with Crippen molar-refractivity contribution >= 4 is 11.9 Å². The quantitative estimate of drug-likeness (QED) is 0.121. The van der Waals surface area contributed by atoms with Gasteiger partial charge in [0.15, 0.2) is 0 Å². The fourth-order valence-corrected chi connectivity index (χ4v) is 6.28. The topological polar surface area (TPSA) is 67.4 Å². The summed E-state index contributed by atoms with van der Waals surface area (Å²) in [5, 5.41) is 6.84. The van der Waals surface area contributed by atoms with E-state index < -0.39 is 23.6 Å². The molecule has 0 heterocycles. The summed E-state index contributed by atoms with van der Waals surface area (Å²) in [6.45, 7) is 4.10. The minimum atomic E-state index is -0.881. The third-order valence-corrected chi connectivity index (χ3v) is 8.38. The summed E-state index contributed by atoms with van der Waals surface area (Å²) in [6, 6.07) is 44.5. The Morgan fingerprint density at radius 1 is 0.667 bits per heavy atom. The van der Waals surface area contributed by atoms with Crippen molar-refractivity contribution in [2.45, 2.75) is 37.1 Å². The molecule has 0 fully saturated rings. The van der Waals surface area contributed by atoms with E-state index in [2.05, 4.69) is 53.6 Å². The molecule has 5 aromatic carbocycles. The van der Waals surface area contributed by atoms with Crippen LogP contribution in [-0.2, 0) is 32.9 Å². The predicted molar refractivity (Wildman–Crippen MR) is 178 cm³/mol. The number of amides is 1. The monoisotopic (exact) mass is 592 g/mol. The summed E-state index contributed by atoms with van der Waals surface area (Å²) in [6.07, 6.45) is 2.39. The average molecular weight is 593 g/mol. The van der Waals surface area contributed by atoms with Gasteiger partial charge < -0.3 is 10.1 Å². The van der Waals surface area contributed by atoms with Gasteiger partial charge in [-0.15, -0.1) is 6.58 Å². The van der Waals surface area contributed by atoms with E-state index in [0.717, 1.165) is 38.9 Å². The van der Waals surface area contributed by atoms with Crippen molar-refractivity contribution in [1.29, 1.82) is 0 Å². The first-order valence-electron chi connectivity index (χ1n) is 15.3. The van der Waals surface area contributed by atoms with E-state index in [9.17, 15) is 9.59 Å². The predicted octanol–water partition coefficient (Wildman–Crippen LogP) is 6.96. The lowest BCUT2D eigenvalue weighted by molar-refractivity contribution is -0.149. The van der Waals surface area contributed by atoms with Crippen molar-refractivity contribution in [3.63, 3.8) is 0 Å². The van der Waals surface area contributed by atoms with Crippen molar-refractivity contribution in [3.05, 3.63) is 180 Å². The molecular weight excluding hydrogens is 556 g/mol. The van der Waals surface area contributed by atoms with E-state index in [1.54, 1.807) is 6.08 Å². The van der Waals surface area contributed by atoms with Gasteiger partial charge in [-0.3, -0.25) is 10.1 Å². The van der Waals surface area contributed by atoms with E-state index in [1.807, 2.05) is 103 Å². The van der Waals surface area contributed by atoms with E-state index in [1.165, 1.54) is 0 Å². The van der Waals surface area contributed by atoms with Crippen LogP contribution in [0.2, 0.25) is 0 Å². The third-order valence-electron chi connectivity index (χ3n) is 8.38. The zero-order valence-corrected chi connectivity index (χ0v) is 25.1. The van der Waals surface area contributed by atoms with Crippen molar-refractivity contribution in [3.8, 4) is 11.1 Å². The number of benzene rings is 5. The molecule has 1 aliphatic carbocycles. The van der Waals surface area contributed by atoms with Gasteiger partial charge in [0.05, 0.1) is 11.6 Å². The maximum atomic E-state index is 14.3. The van der Waals surface area contributed by atoms with Crippen molar-refractivity contribution in [2.24, 2.45) is 0 Å². The van der Waals surface area contributed by atoms with E-state index in [4.69, 9.17) is 4.74 Å². The Labute approximate surface area is 264 Å². The van der Waals surface area contributed by atoms with Crippen molar-refractivity contribution in [1.82, 2.24) is 10.6 Å². The molecule has 5 aromatic rings. The highest BCUT2D eigenvalue weighted by Gasteiger charge is 2.46. The number of fused-ring (bicyclic) bond motifs is 3. The molecule has 224 valence electrons. The molecule has 1 amide bonds. The maximum Gasteiger partial charge on any atom is 0.329 e. The Morgan fingerprint density at radius 3 is 1.76 bits per heavy atom. The van der Waals surface area contributed by atoms with Crippen LogP contribution in [0.1, 0.15) is 34.2 Å². The van der Waals surface area contributed by atoms with E-state index >= 15 is 0 Å². The fourth-order valence-electron chi connectivity index (χ4n) is 6.28. The molecule has 1 aliphatic rings. The number of esters is 1. The van der Waals surface area contributed by atoms with E-state index in [0.29, 0.717) is 12.8 Å². The summed E-state index contributed by atoms with van der Waals surface area (Å²) in [5.41, 5.74) is 6.40. The smallest absolute Gasteiger partial charge is 0.329 e. The summed E-state index contributed by atoms with van der Waals surface area (Å²) in [4.78, 5) is 27.8. The van der Waals surface area contributed by atoms with Gasteiger partial charge in [-0.25, -0.2) is 4.79 Å². The van der Waals surface area contributed by atoms with Gasteiger partial charge >= 0.3 is 5.97 Å². The number of hydrogen-bond acceptors (Lipinski definition) is 4. The van der Waals surface area contributed by atoms with Gasteiger partial charge in [-0.2, -0.15) is 0 Å². The van der Waals surface area contributed by atoms with Crippen LogP contribution in [0.25, 0.3) is 11.1 Å². The molecule has 0 aliphatic heterocycles. The van der Waals surface area contributed by atoms with Crippen LogP contribution in [0.15, 0.2) is 152 Å². The SMILES string of the molecule is C=CC[C@H](NC1(c2ccccc2)c2ccccc2-c2ccccc21)C(=O)N[C@@H](Cc1ccccc1)C(=O)OCc1ccccc1. The normalized spacial score (nSPS) is 14.0. The second kappa shape index (κ2) is 13.6. The molecule has 0 aromatic heterocycles. The number of carbonyl (C=O) groups is 2. The third kappa shape index (κ3) is 6.21. The van der Waals surface area contributed by atoms with Crippen LogP contribution < -0.4 is 10.6 Å². The van der Waals surface area contributed by atoms with Crippen LogP contribution >= 0.6 is 0 Å². The second-order valence-electron chi connectivity index (χ2n) is 11.3. The Hall–Kier alpha value is -5.26. The minimum Gasteiger partial charge on any atom is -0.459 e. The van der Waals surface area contributed by atoms with E-state index in [-0.39, 0.29) is 12.5 Å². The molecule has 0 bridgehead atoms. The lowest BCUT2D eigenvalue weighted by Gasteiger charge is -2.37. The van der Waals surface area contributed by atoms with Crippen LogP contribution in [0.4, 0.5) is 0 Å². The Morgan fingerprint density at radius 2 is 1.18 bits per heavy atom. The highest BCUT2D eigenvalue weighted by Crippen LogP contribution is 2.51. The molecule has 0 unspecified atom stereocenters. The molecule has 6 rings (SSSR count). The van der Waals surface area contributed by atoms with Crippen LogP contribution in [0, 0.1) is 0 Å². The van der Waals surface area contributed by atoms with Gasteiger partial charge in [0.2, 0.25) is 5.91 Å². The second-order valence-corrected chi connectivity index (χ2v) is 11.3. The lowest BCUT2D eigenvalue weighted by Crippen LogP contribution is -2.56. The zero-order valence-electron chi connectivity index (χ0n) is 25.1. The Balaban J connectivity index is 1.34. The summed E-state index contributed by atoms with van der Waals surface area (Å²) in [5.74, 6) is -0.785. The minimum absolute atomic E-state index is 0.125. The average Bonchev–Trinajstić information content (AvgIpc) is 3.38. The van der Waals surface area contributed by atoms with Crippen molar-refractivity contribution in [2.75, 3.05) is 0 Å². The largest absolute Gasteiger partial charge is 0.459 e. The zero-order chi connectivity index (χ0) is 31.1. The molecule has 5 nitrogen and oxygen atoms in total. The molecular formula is C40H36N2O3. The summed E-state index contributed by atoms with van der Waals surface area (Å²) >= 11 is 0. The highest BCUT2D eigenvalue weighted by atomic mass is 16.5. The Kier molecular flexibility index (Phi) is 8.99. The number of hydrogen-bond donors (Lipinski definition) is 2. The molecule has 5 heteroatoms. The van der Waals surface area contributed by atoms with Gasteiger partial charge in [0.25, 0.3) is 0 Å². The standard InChI is InChI=1S/C40H36N2O3/c1-2-16-36(38(43)41-37(27-29-17-6-3-7-18-29)39(44)45-28-30-19-8-4-9-20-30)42-40(31-21-10-5-11-22-31)34-25-14-12-23-32(34)33-24-13-15-26-35(33)40/h2-15,17-26,36-37,42H,1,16,27-28H2,(H,41,43)/t36-,37-/m0/s1. The number of carbonyl (C=O) groups excluding carboxylic acids is 2. The molecule has 2 N–H and O–H groups in total. The molecule has 0 spiro atoms. The molecule has 45 heavy (non-hydrogen) atoms. The van der Waals surface area contributed by atoms with Gasteiger partial charge in [0.1, 0.15) is 12.6 Å². The van der Waals surface area contributed by atoms with Crippen molar-refractivity contribution < 1.29 is 14.3 Å². The van der Waals surface area contributed by atoms with Gasteiger partial charge in [-0.1, -0.05) is 146 Å². The number of ether oxygens (including phenoxy) is 1. The van der Waals surface area contributed by atoms with Crippen LogP contribution in [0.3, 0.4) is 0 Å². The first kappa shape index (κ1) is 29.8.